The zero-order valence-corrected chi connectivity index (χ0v) is 45.5. The molecule has 1 heterocycles. The summed E-state index contributed by atoms with van der Waals surface area (Å²) in [6.07, 6.45) is 51.9. The van der Waals surface area contributed by atoms with Gasteiger partial charge < -0.3 is 45.1 Å². The summed E-state index contributed by atoms with van der Waals surface area (Å²) in [5, 5.41) is 56.8. The van der Waals surface area contributed by atoms with Gasteiger partial charge in [-0.15, -0.1) is 0 Å². The van der Waals surface area contributed by atoms with Crippen molar-refractivity contribution in [3.05, 3.63) is 85.1 Å². The van der Waals surface area contributed by atoms with Crippen molar-refractivity contribution in [2.75, 3.05) is 13.2 Å². The minimum atomic E-state index is -1.63. The summed E-state index contributed by atoms with van der Waals surface area (Å²) < 4.78 is 17.5. The Morgan fingerprint density at radius 1 is 0.556 bits per heavy atom. The summed E-state index contributed by atoms with van der Waals surface area (Å²) in [4.78, 5) is 26.4. The van der Waals surface area contributed by atoms with Gasteiger partial charge in [0.25, 0.3) is 0 Å². The van der Waals surface area contributed by atoms with Gasteiger partial charge in [0.05, 0.1) is 25.4 Å². The Hall–Kier alpha value is -3.16. The summed E-state index contributed by atoms with van der Waals surface area (Å²) >= 11 is 0. The normalized spacial score (nSPS) is 20.1. The van der Waals surface area contributed by atoms with E-state index in [4.69, 9.17) is 14.2 Å². The Bertz CT molecular complexity index is 1490. The quantitative estimate of drug-likeness (QED) is 0.0196. The molecule has 72 heavy (non-hydrogen) atoms. The molecule has 1 aliphatic heterocycles. The molecule has 0 aromatic carbocycles. The van der Waals surface area contributed by atoms with E-state index in [1.807, 2.05) is 6.08 Å². The summed E-state index contributed by atoms with van der Waals surface area (Å²) in [5.74, 6) is -1.24. The molecule has 8 unspecified atom stereocenters. The Balaban J connectivity index is 2.74. The van der Waals surface area contributed by atoms with Gasteiger partial charge in [-0.05, 0) is 96.3 Å². The summed E-state index contributed by atoms with van der Waals surface area (Å²) in [5.41, 5.74) is 0. The van der Waals surface area contributed by atoms with E-state index < -0.39 is 67.4 Å². The SMILES string of the molecule is CC/C=C/C/C=C/C/C=C/CCCCCCC(=O)OC1C(OCC(NC(=O)C(O)CCCCCCC/C=C\C/C=C\C/C=C\CCCCC)C(O)/C=C/CCCCCCCCCCC)OC(CO)C(O)C1O. The zero-order valence-electron chi connectivity index (χ0n) is 45.5. The van der Waals surface area contributed by atoms with Crippen LogP contribution >= 0.6 is 0 Å². The van der Waals surface area contributed by atoms with Crippen molar-refractivity contribution in [3.63, 3.8) is 0 Å². The third-order valence-electron chi connectivity index (χ3n) is 13.0. The molecule has 8 atom stereocenters. The second kappa shape index (κ2) is 48.8. The van der Waals surface area contributed by atoms with Crippen LogP contribution in [0.3, 0.4) is 0 Å². The number of hydrogen-bond acceptors (Lipinski definition) is 10. The van der Waals surface area contributed by atoms with E-state index in [0.29, 0.717) is 12.8 Å². The summed E-state index contributed by atoms with van der Waals surface area (Å²) in [7, 11) is 0. The van der Waals surface area contributed by atoms with Crippen LogP contribution in [0.25, 0.3) is 0 Å². The van der Waals surface area contributed by atoms with Crippen LogP contribution in [-0.2, 0) is 23.8 Å². The van der Waals surface area contributed by atoms with Gasteiger partial charge in [-0.2, -0.15) is 0 Å². The number of esters is 1. The van der Waals surface area contributed by atoms with Gasteiger partial charge in [-0.25, -0.2) is 0 Å². The average molecular weight is 1010 g/mol. The molecule has 11 nitrogen and oxygen atoms in total. The molecule has 1 fully saturated rings. The smallest absolute Gasteiger partial charge is 0.306 e. The first kappa shape index (κ1) is 66.9. The lowest BCUT2D eigenvalue weighted by Gasteiger charge is -2.41. The zero-order chi connectivity index (χ0) is 52.5. The van der Waals surface area contributed by atoms with Gasteiger partial charge in [0.1, 0.15) is 24.4 Å². The Labute approximate surface area is 438 Å². The van der Waals surface area contributed by atoms with Crippen molar-refractivity contribution < 1.29 is 49.3 Å². The highest BCUT2D eigenvalue weighted by Gasteiger charge is 2.47. The van der Waals surface area contributed by atoms with Gasteiger partial charge in [0, 0.05) is 6.42 Å². The van der Waals surface area contributed by atoms with Crippen molar-refractivity contribution in [1.29, 1.82) is 0 Å². The number of aliphatic hydroxyl groups is 5. The van der Waals surface area contributed by atoms with Crippen molar-refractivity contribution in [2.45, 2.75) is 275 Å². The average Bonchev–Trinajstić information content (AvgIpc) is 3.38. The monoisotopic (exact) mass is 1010 g/mol. The van der Waals surface area contributed by atoms with Crippen LogP contribution in [0.2, 0.25) is 0 Å². The molecule has 0 bridgehead atoms. The first-order valence-electron chi connectivity index (χ1n) is 28.9. The molecule has 1 aliphatic rings. The minimum absolute atomic E-state index is 0.0921. The van der Waals surface area contributed by atoms with Crippen LogP contribution in [0.15, 0.2) is 85.1 Å². The van der Waals surface area contributed by atoms with Gasteiger partial charge in [-0.1, -0.05) is 209 Å². The number of ether oxygens (including phenoxy) is 3. The number of allylic oxidation sites excluding steroid dienone is 13. The van der Waals surface area contributed by atoms with Gasteiger partial charge in [-0.3, -0.25) is 9.59 Å². The Morgan fingerprint density at radius 3 is 1.53 bits per heavy atom. The molecule has 0 spiro atoms. The number of rotatable bonds is 47. The molecular weight excluding hydrogens is 907 g/mol. The van der Waals surface area contributed by atoms with E-state index in [-0.39, 0.29) is 19.4 Å². The fraction of sp³-hybridized carbons (Fsp3) is 0.738. The number of carbonyl (C=O) groups is 2. The van der Waals surface area contributed by atoms with Crippen molar-refractivity contribution in [1.82, 2.24) is 5.32 Å². The van der Waals surface area contributed by atoms with Gasteiger partial charge >= 0.3 is 5.97 Å². The van der Waals surface area contributed by atoms with Crippen LogP contribution in [0.4, 0.5) is 0 Å². The second-order valence-electron chi connectivity index (χ2n) is 19.6. The number of unbranched alkanes of at least 4 members (excludes halogenated alkanes) is 21. The Morgan fingerprint density at radius 2 is 1.00 bits per heavy atom. The van der Waals surface area contributed by atoms with Crippen LogP contribution in [0, 0.1) is 0 Å². The van der Waals surface area contributed by atoms with E-state index in [2.05, 4.69) is 99.0 Å². The molecule has 1 saturated heterocycles. The molecule has 0 radical (unpaired) electrons. The molecular formula is C61H105NO10. The fourth-order valence-corrected chi connectivity index (χ4v) is 8.44. The predicted molar refractivity (Wildman–Crippen MR) is 296 cm³/mol. The van der Waals surface area contributed by atoms with Gasteiger partial charge in [0.15, 0.2) is 12.4 Å². The van der Waals surface area contributed by atoms with E-state index in [1.165, 1.54) is 64.2 Å². The molecule has 0 aliphatic carbocycles. The maximum Gasteiger partial charge on any atom is 0.306 e. The number of amides is 1. The van der Waals surface area contributed by atoms with E-state index >= 15 is 0 Å². The topological polar surface area (TPSA) is 175 Å². The van der Waals surface area contributed by atoms with Crippen LogP contribution in [-0.4, -0.2) is 99.6 Å². The molecule has 0 saturated carbocycles. The molecule has 6 N–H and O–H groups in total. The van der Waals surface area contributed by atoms with E-state index in [0.717, 1.165) is 116 Å². The number of hydrogen-bond donors (Lipinski definition) is 6. The highest BCUT2D eigenvalue weighted by atomic mass is 16.7. The third kappa shape index (κ3) is 36.7. The Kier molecular flexibility index (Phi) is 45.3. The lowest BCUT2D eigenvalue weighted by Crippen LogP contribution is -2.61. The lowest BCUT2D eigenvalue weighted by atomic mass is 9.99. The largest absolute Gasteiger partial charge is 0.454 e. The molecule has 1 rings (SSSR count). The fourth-order valence-electron chi connectivity index (χ4n) is 8.44. The highest BCUT2D eigenvalue weighted by Crippen LogP contribution is 2.26. The van der Waals surface area contributed by atoms with Crippen molar-refractivity contribution >= 4 is 11.9 Å². The number of nitrogens with one attached hydrogen (secondary N) is 1. The van der Waals surface area contributed by atoms with Crippen LogP contribution in [0.1, 0.15) is 226 Å². The molecule has 0 aromatic heterocycles. The highest BCUT2D eigenvalue weighted by molar-refractivity contribution is 5.80. The van der Waals surface area contributed by atoms with E-state index in [9.17, 15) is 35.1 Å². The third-order valence-corrected chi connectivity index (χ3v) is 13.0. The molecule has 414 valence electrons. The maximum atomic E-state index is 13.4. The molecule has 0 aromatic rings. The maximum absolute atomic E-state index is 13.4. The second-order valence-corrected chi connectivity index (χ2v) is 19.6. The standard InChI is InChI=1S/C61H105NO10/c1-4-7-10-13-16-19-22-24-26-27-28-29-30-33-36-39-42-45-48-54(65)60(69)62-52(53(64)47-44-41-38-35-32-21-18-15-12-9-6-3)51-70-61-59(58(68)57(67)55(50-63)71-61)72-56(66)49-46-43-40-37-34-31-25-23-20-17-14-11-8-5-2/h8,11,16-17,19-20,24-26,28-29,31,44,47,52-55,57-59,61,63-65,67-68H,4-7,9-10,12-15,18,21-23,27,30,32-43,45-46,48-51H2,1-3H3,(H,62,69)/b11-8+,19-16-,20-17+,26-24-,29-28-,31-25+,47-44+. The van der Waals surface area contributed by atoms with Crippen LogP contribution in [0.5, 0.6) is 0 Å². The predicted octanol–water partition coefficient (Wildman–Crippen LogP) is 13.0. The lowest BCUT2D eigenvalue weighted by molar-refractivity contribution is -0.305. The number of aliphatic hydroxyl groups excluding tert-OH is 5. The number of carbonyl (C=O) groups excluding carboxylic acids is 2. The van der Waals surface area contributed by atoms with E-state index in [1.54, 1.807) is 6.08 Å². The first-order chi connectivity index (χ1) is 35.2. The molecule has 1 amide bonds. The minimum Gasteiger partial charge on any atom is -0.454 e. The van der Waals surface area contributed by atoms with Gasteiger partial charge in [0.2, 0.25) is 5.91 Å². The summed E-state index contributed by atoms with van der Waals surface area (Å²) in [6, 6.07) is -1.04. The summed E-state index contributed by atoms with van der Waals surface area (Å²) in [6.45, 7) is 5.60. The van der Waals surface area contributed by atoms with Crippen molar-refractivity contribution in [2.24, 2.45) is 0 Å². The first-order valence-corrected chi connectivity index (χ1v) is 28.9. The van der Waals surface area contributed by atoms with Crippen molar-refractivity contribution in [3.8, 4) is 0 Å². The van der Waals surface area contributed by atoms with Crippen LogP contribution < -0.4 is 5.32 Å². The molecule has 11 heteroatoms.